The lowest BCUT2D eigenvalue weighted by atomic mass is 10.1. The molecular weight excluding hydrogens is 424 g/mol. The molecule has 0 radical (unpaired) electrons. The van der Waals surface area contributed by atoms with Crippen LogP contribution in [-0.4, -0.2) is 92.9 Å². The summed E-state index contributed by atoms with van der Waals surface area (Å²) in [5.74, 6) is -2.69. The largest absolute Gasteiger partial charge is 0.286 e. The van der Waals surface area contributed by atoms with Crippen molar-refractivity contribution in [3.63, 3.8) is 0 Å². The molecular formula is C20H24N4O8. The van der Waals surface area contributed by atoms with Gasteiger partial charge in [-0.2, -0.15) is 0 Å². The van der Waals surface area contributed by atoms with Crippen molar-refractivity contribution in [1.82, 2.24) is 20.3 Å². The van der Waals surface area contributed by atoms with Crippen molar-refractivity contribution in [3.8, 4) is 0 Å². The van der Waals surface area contributed by atoms with Crippen molar-refractivity contribution in [1.29, 1.82) is 0 Å². The fourth-order valence-electron chi connectivity index (χ4n) is 2.36. The molecule has 0 unspecified atom stereocenters. The molecule has 0 aliphatic rings. The molecule has 0 bridgehead atoms. The minimum absolute atomic E-state index is 0.0263. The summed E-state index contributed by atoms with van der Waals surface area (Å²) in [6.07, 6.45) is 0. The van der Waals surface area contributed by atoms with E-state index in [1.54, 1.807) is 12.1 Å². The van der Waals surface area contributed by atoms with E-state index in [0.29, 0.717) is 20.3 Å². The summed E-state index contributed by atoms with van der Waals surface area (Å²) in [7, 11) is 4.70. The average molecular weight is 448 g/mol. The topological polar surface area (TPSA) is 162 Å². The number of benzene rings is 2. The molecule has 2 rings (SSSR count). The fraction of sp³-hybridized carbons (Fsp3) is 0.200. The highest BCUT2D eigenvalue weighted by Gasteiger charge is 2.20. The van der Waals surface area contributed by atoms with Gasteiger partial charge in [-0.15, -0.1) is 0 Å². The Morgan fingerprint density at radius 2 is 0.844 bits per heavy atom. The van der Waals surface area contributed by atoms with E-state index in [0.717, 1.165) is 14.1 Å². The molecule has 4 amide bonds. The number of hydroxylamine groups is 8. The van der Waals surface area contributed by atoms with Crippen LogP contribution in [0.25, 0.3) is 0 Å². The lowest BCUT2D eigenvalue weighted by Crippen LogP contribution is -2.28. The molecule has 32 heavy (non-hydrogen) atoms. The molecule has 0 saturated carbocycles. The van der Waals surface area contributed by atoms with E-state index >= 15 is 0 Å². The first-order valence-corrected chi connectivity index (χ1v) is 8.95. The Balaban J connectivity index is 0.000000320. The van der Waals surface area contributed by atoms with Crippen LogP contribution in [0.4, 0.5) is 0 Å². The number of hydrogen-bond donors (Lipinski definition) is 4. The maximum Gasteiger partial charge on any atom is 0.277 e. The van der Waals surface area contributed by atoms with E-state index < -0.39 is 23.6 Å². The lowest BCUT2D eigenvalue weighted by Gasteiger charge is -2.14. The van der Waals surface area contributed by atoms with Crippen LogP contribution in [0.5, 0.6) is 0 Å². The van der Waals surface area contributed by atoms with E-state index in [1.807, 2.05) is 0 Å². The van der Waals surface area contributed by atoms with Crippen LogP contribution in [0.3, 0.4) is 0 Å². The molecule has 4 N–H and O–H groups in total. The Morgan fingerprint density at radius 1 is 0.531 bits per heavy atom. The van der Waals surface area contributed by atoms with Crippen molar-refractivity contribution in [2.45, 2.75) is 0 Å². The molecule has 0 heterocycles. The van der Waals surface area contributed by atoms with Crippen LogP contribution in [0.15, 0.2) is 48.5 Å². The van der Waals surface area contributed by atoms with Crippen molar-refractivity contribution in [2.24, 2.45) is 0 Å². The summed E-state index contributed by atoms with van der Waals surface area (Å²) < 4.78 is 0. The minimum atomic E-state index is -0.717. The summed E-state index contributed by atoms with van der Waals surface area (Å²) in [6.45, 7) is 0. The standard InChI is InChI=1S/2C10H12N2O4/c1-11(15)9(13)7-4-3-5-8(6-7)10(14)12(2)16;1-11(15)9(13)7-5-3-4-6-8(7)10(14)12(2)16/h2*3-6,15-16H,1-2H3. The van der Waals surface area contributed by atoms with Crippen LogP contribution in [-0.2, 0) is 0 Å². The van der Waals surface area contributed by atoms with Gasteiger partial charge in [0.05, 0.1) is 11.1 Å². The number of hydrogen-bond acceptors (Lipinski definition) is 8. The third-order valence-electron chi connectivity index (χ3n) is 3.92. The van der Waals surface area contributed by atoms with Crippen LogP contribution in [0.2, 0.25) is 0 Å². The van der Waals surface area contributed by atoms with Gasteiger partial charge in [-0.3, -0.25) is 40.0 Å². The maximum absolute atomic E-state index is 11.5. The molecule has 0 aliphatic carbocycles. The Morgan fingerprint density at radius 3 is 1.12 bits per heavy atom. The van der Waals surface area contributed by atoms with Gasteiger partial charge in [-0.1, -0.05) is 18.2 Å². The van der Waals surface area contributed by atoms with Crippen molar-refractivity contribution >= 4 is 23.6 Å². The highest BCUT2D eigenvalue weighted by molar-refractivity contribution is 6.06. The molecule has 0 atom stereocenters. The molecule has 12 nitrogen and oxygen atoms in total. The third kappa shape index (κ3) is 6.85. The van der Waals surface area contributed by atoms with Gasteiger partial charge in [0.1, 0.15) is 0 Å². The van der Waals surface area contributed by atoms with Crippen molar-refractivity contribution < 1.29 is 40.0 Å². The van der Waals surface area contributed by atoms with E-state index in [2.05, 4.69) is 0 Å². The smallest absolute Gasteiger partial charge is 0.277 e. The number of carbonyl (C=O) groups excluding carboxylic acids is 4. The summed E-state index contributed by atoms with van der Waals surface area (Å²) in [6, 6.07) is 11.6. The lowest BCUT2D eigenvalue weighted by molar-refractivity contribution is -0.0403. The first-order valence-electron chi connectivity index (χ1n) is 8.95. The van der Waals surface area contributed by atoms with Crippen LogP contribution >= 0.6 is 0 Å². The zero-order chi connectivity index (χ0) is 24.6. The SMILES string of the molecule is CN(O)C(=O)c1cccc(C(=O)N(C)O)c1.CN(O)C(=O)c1ccccc1C(=O)N(C)O. The van der Waals surface area contributed by atoms with E-state index in [1.165, 1.54) is 50.5 Å². The summed E-state index contributed by atoms with van der Waals surface area (Å²) >= 11 is 0. The normalized spacial score (nSPS) is 9.75. The van der Waals surface area contributed by atoms with Gasteiger partial charge in [-0.25, -0.2) is 20.3 Å². The van der Waals surface area contributed by atoms with Gasteiger partial charge in [0.15, 0.2) is 0 Å². The van der Waals surface area contributed by atoms with Gasteiger partial charge in [-0.05, 0) is 30.3 Å². The molecule has 0 aromatic heterocycles. The highest BCUT2D eigenvalue weighted by Crippen LogP contribution is 2.12. The Labute approximate surface area is 183 Å². The van der Waals surface area contributed by atoms with Gasteiger partial charge >= 0.3 is 0 Å². The molecule has 12 heteroatoms. The maximum atomic E-state index is 11.5. The fourth-order valence-corrected chi connectivity index (χ4v) is 2.36. The van der Waals surface area contributed by atoms with Gasteiger partial charge in [0.2, 0.25) is 0 Å². The van der Waals surface area contributed by atoms with Gasteiger partial charge < -0.3 is 0 Å². The van der Waals surface area contributed by atoms with Crippen LogP contribution < -0.4 is 0 Å². The molecule has 0 spiro atoms. The summed E-state index contributed by atoms with van der Waals surface area (Å²) in [5.41, 5.74) is 0.382. The van der Waals surface area contributed by atoms with Crippen LogP contribution in [0, 0.1) is 0 Å². The van der Waals surface area contributed by atoms with Gasteiger partial charge in [0, 0.05) is 39.3 Å². The van der Waals surface area contributed by atoms with Crippen LogP contribution in [0.1, 0.15) is 41.4 Å². The zero-order valence-corrected chi connectivity index (χ0v) is 17.8. The Bertz CT molecular complexity index is 915. The molecule has 0 fully saturated rings. The molecule has 2 aromatic rings. The number of nitrogens with zero attached hydrogens (tertiary/aromatic N) is 4. The third-order valence-corrected chi connectivity index (χ3v) is 3.92. The van der Waals surface area contributed by atoms with E-state index in [-0.39, 0.29) is 22.3 Å². The molecule has 2 aromatic carbocycles. The van der Waals surface area contributed by atoms with E-state index in [9.17, 15) is 19.2 Å². The van der Waals surface area contributed by atoms with Crippen molar-refractivity contribution in [3.05, 3.63) is 70.8 Å². The molecule has 172 valence electrons. The molecule has 0 aliphatic heterocycles. The predicted molar refractivity (Wildman–Crippen MR) is 108 cm³/mol. The zero-order valence-electron chi connectivity index (χ0n) is 17.8. The van der Waals surface area contributed by atoms with Gasteiger partial charge in [0.25, 0.3) is 23.6 Å². The second-order valence-electron chi connectivity index (χ2n) is 6.44. The molecule has 0 saturated heterocycles. The Kier molecular flexibility index (Phi) is 9.43. The Hall–Kier alpha value is -3.84. The first-order chi connectivity index (χ1) is 14.9. The second kappa shape index (κ2) is 11.5. The van der Waals surface area contributed by atoms with E-state index in [4.69, 9.17) is 20.8 Å². The summed E-state index contributed by atoms with van der Waals surface area (Å²) in [4.78, 5) is 45.8. The first kappa shape index (κ1) is 26.2. The highest BCUT2D eigenvalue weighted by atomic mass is 16.5. The quantitative estimate of drug-likeness (QED) is 0.401. The number of amides is 4. The predicted octanol–water partition coefficient (Wildman–Crippen LogP) is 1.22. The number of rotatable bonds is 4. The number of carbonyl (C=O) groups is 4. The minimum Gasteiger partial charge on any atom is -0.286 e. The summed E-state index contributed by atoms with van der Waals surface area (Å²) in [5, 5.41) is 37.5. The second-order valence-corrected chi connectivity index (χ2v) is 6.44. The van der Waals surface area contributed by atoms with Crippen molar-refractivity contribution in [2.75, 3.05) is 28.2 Å². The monoisotopic (exact) mass is 448 g/mol. The average Bonchev–Trinajstić information content (AvgIpc) is 2.77.